The molecular weight excluding hydrogens is 340 g/mol. The van der Waals surface area contributed by atoms with E-state index < -0.39 is 0 Å². The van der Waals surface area contributed by atoms with Crippen molar-refractivity contribution in [1.29, 1.82) is 0 Å². The molecule has 1 fully saturated rings. The maximum Gasteiger partial charge on any atom is 0.254 e. The summed E-state index contributed by atoms with van der Waals surface area (Å²) in [6.45, 7) is 5.47. The van der Waals surface area contributed by atoms with Gasteiger partial charge in [-0.2, -0.15) is 0 Å². The van der Waals surface area contributed by atoms with Crippen LogP contribution in [0.15, 0.2) is 36.4 Å². The van der Waals surface area contributed by atoms with Crippen molar-refractivity contribution in [2.45, 2.75) is 33.1 Å². The summed E-state index contributed by atoms with van der Waals surface area (Å²) in [6.07, 6.45) is 2.36. The zero-order chi connectivity index (χ0) is 19.4. The van der Waals surface area contributed by atoms with E-state index in [1.165, 1.54) is 0 Å². The minimum absolute atomic E-state index is 0.0457. The predicted octanol–water partition coefficient (Wildman–Crippen LogP) is 3.73. The number of benzene rings is 2. The molecule has 0 aliphatic carbocycles. The van der Waals surface area contributed by atoms with Crippen LogP contribution in [0.5, 0.6) is 5.75 Å². The first-order valence-corrected chi connectivity index (χ1v) is 9.32. The van der Waals surface area contributed by atoms with Gasteiger partial charge in [-0.25, -0.2) is 0 Å². The summed E-state index contributed by atoms with van der Waals surface area (Å²) in [5, 5.41) is 2.95. The summed E-state index contributed by atoms with van der Waals surface area (Å²) in [6, 6.07) is 11.2. The average molecular weight is 366 g/mol. The molecule has 3 rings (SSSR count). The summed E-state index contributed by atoms with van der Waals surface area (Å²) in [5.74, 6) is 0.703. The summed E-state index contributed by atoms with van der Waals surface area (Å²) in [7, 11) is 1.62. The lowest BCUT2D eigenvalue weighted by atomic mass is 10.0. The topological polar surface area (TPSA) is 58.6 Å². The van der Waals surface area contributed by atoms with E-state index in [2.05, 4.69) is 5.32 Å². The Balaban J connectivity index is 1.72. The second kappa shape index (κ2) is 8.25. The van der Waals surface area contributed by atoms with Gasteiger partial charge in [0.05, 0.1) is 13.5 Å². The molecule has 0 unspecified atom stereocenters. The lowest BCUT2D eigenvalue weighted by molar-refractivity contribution is -0.115. The smallest absolute Gasteiger partial charge is 0.254 e. The Hall–Kier alpha value is -2.82. The zero-order valence-corrected chi connectivity index (χ0v) is 16.2. The maximum atomic E-state index is 12.7. The first-order valence-electron chi connectivity index (χ1n) is 9.32. The van der Waals surface area contributed by atoms with Gasteiger partial charge in [0.25, 0.3) is 5.91 Å². The minimum Gasteiger partial charge on any atom is -0.496 e. The van der Waals surface area contributed by atoms with E-state index in [9.17, 15) is 9.59 Å². The van der Waals surface area contributed by atoms with E-state index in [1.54, 1.807) is 7.11 Å². The van der Waals surface area contributed by atoms with E-state index in [4.69, 9.17) is 4.74 Å². The van der Waals surface area contributed by atoms with Crippen molar-refractivity contribution in [3.05, 3.63) is 58.7 Å². The van der Waals surface area contributed by atoms with Crippen molar-refractivity contribution >= 4 is 17.5 Å². The number of hydrogen-bond acceptors (Lipinski definition) is 3. The number of likely N-dealkylation sites (tertiary alicyclic amines) is 1. The monoisotopic (exact) mass is 366 g/mol. The van der Waals surface area contributed by atoms with Crippen molar-refractivity contribution in [2.24, 2.45) is 0 Å². The summed E-state index contributed by atoms with van der Waals surface area (Å²) < 4.78 is 5.32. The van der Waals surface area contributed by atoms with Crippen LogP contribution in [0, 0.1) is 13.8 Å². The molecule has 1 aliphatic heterocycles. The molecule has 0 aromatic heterocycles. The number of nitrogens with zero attached hydrogens (tertiary/aromatic N) is 1. The van der Waals surface area contributed by atoms with Crippen molar-refractivity contribution in [1.82, 2.24) is 4.90 Å². The van der Waals surface area contributed by atoms with Gasteiger partial charge in [0.2, 0.25) is 5.91 Å². The molecule has 2 aromatic rings. The highest BCUT2D eigenvalue weighted by Gasteiger charge is 2.22. The molecular formula is C22H26N2O3. The van der Waals surface area contributed by atoms with Crippen molar-refractivity contribution in [2.75, 3.05) is 25.5 Å². The molecule has 2 amide bonds. The number of anilines is 1. The highest BCUT2D eigenvalue weighted by atomic mass is 16.5. The molecule has 5 heteroatoms. The SMILES string of the molecule is COc1cc(CC(=O)Nc2cccc(C(=O)N3CCCC3)c2C)ccc1C. The van der Waals surface area contributed by atoms with Crippen LogP contribution in [0.1, 0.15) is 39.9 Å². The molecule has 142 valence electrons. The minimum atomic E-state index is -0.116. The lowest BCUT2D eigenvalue weighted by Crippen LogP contribution is -2.28. The Morgan fingerprint density at radius 3 is 2.56 bits per heavy atom. The molecule has 1 saturated heterocycles. The fraction of sp³-hybridized carbons (Fsp3) is 0.364. The highest BCUT2D eigenvalue weighted by molar-refractivity contribution is 5.99. The number of methoxy groups -OCH3 is 1. The van der Waals surface area contributed by atoms with E-state index in [1.807, 2.05) is 55.1 Å². The lowest BCUT2D eigenvalue weighted by Gasteiger charge is -2.18. The summed E-state index contributed by atoms with van der Waals surface area (Å²) in [5.41, 5.74) is 4.07. The first kappa shape index (κ1) is 19.0. The van der Waals surface area contributed by atoms with Crippen LogP contribution in [0.25, 0.3) is 0 Å². The zero-order valence-electron chi connectivity index (χ0n) is 16.2. The molecule has 1 N–H and O–H groups in total. The Bertz CT molecular complexity index is 855. The standard InChI is InChI=1S/C22H26N2O3/c1-15-9-10-17(13-20(15)27-3)14-21(25)23-19-8-6-7-18(16(19)2)22(26)24-11-4-5-12-24/h6-10,13H,4-5,11-12,14H2,1-3H3,(H,23,25). The van der Waals surface area contributed by atoms with Crippen LogP contribution < -0.4 is 10.1 Å². The largest absolute Gasteiger partial charge is 0.496 e. The van der Waals surface area contributed by atoms with Crippen LogP contribution >= 0.6 is 0 Å². The van der Waals surface area contributed by atoms with Gasteiger partial charge in [-0.1, -0.05) is 18.2 Å². The number of nitrogens with one attached hydrogen (secondary N) is 1. The number of aryl methyl sites for hydroxylation is 1. The maximum absolute atomic E-state index is 12.7. The third kappa shape index (κ3) is 4.30. The number of carbonyl (C=O) groups excluding carboxylic acids is 2. The van der Waals surface area contributed by atoms with Gasteiger partial charge in [-0.3, -0.25) is 9.59 Å². The van der Waals surface area contributed by atoms with Crippen LogP contribution in [0.4, 0.5) is 5.69 Å². The second-order valence-corrected chi connectivity index (χ2v) is 7.01. The number of ether oxygens (including phenoxy) is 1. The number of rotatable bonds is 5. The normalized spacial score (nSPS) is 13.5. The van der Waals surface area contributed by atoms with Crippen molar-refractivity contribution < 1.29 is 14.3 Å². The van der Waals surface area contributed by atoms with Crippen LogP contribution in [-0.2, 0) is 11.2 Å². The fourth-order valence-electron chi connectivity index (χ4n) is 3.45. The molecule has 2 aromatic carbocycles. The Labute approximate surface area is 160 Å². The fourth-order valence-corrected chi connectivity index (χ4v) is 3.45. The molecule has 5 nitrogen and oxygen atoms in total. The first-order chi connectivity index (χ1) is 13.0. The molecule has 0 atom stereocenters. The summed E-state index contributed by atoms with van der Waals surface area (Å²) in [4.78, 5) is 27.1. The molecule has 1 aliphatic rings. The Morgan fingerprint density at radius 2 is 1.85 bits per heavy atom. The average Bonchev–Trinajstić information content (AvgIpc) is 3.19. The molecule has 0 bridgehead atoms. The van der Waals surface area contributed by atoms with Gasteiger partial charge in [-0.15, -0.1) is 0 Å². The quantitative estimate of drug-likeness (QED) is 0.877. The number of carbonyl (C=O) groups is 2. The van der Waals surface area contributed by atoms with Crippen molar-refractivity contribution in [3.63, 3.8) is 0 Å². The van der Waals surface area contributed by atoms with Crippen LogP contribution in [0.2, 0.25) is 0 Å². The molecule has 0 spiro atoms. The number of amides is 2. The van der Waals surface area contributed by atoms with Gasteiger partial charge >= 0.3 is 0 Å². The summed E-state index contributed by atoms with van der Waals surface area (Å²) >= 11 is 0. The number of hydrogen-bond donors (Lipinski definition) is 1. The Kier molecular flexibility index (Phi) is 5.79. The van der Waals surface area contributed by atoms with Gasteiger partial charge in [0, 0.05) is 24.3 Å². The van der Waals surface area contributed by atoms with Gasteiger partial charge < -0.3 is 15.0 Å². The van der Waals surface area contributed by atoms with Crippen molar-refractivity contribution in [3.8, 4) is 5.75 Å². The van der Waals surface area contributed by atoms with E-state index in [0.717, 1.165) is 48.4 Å². The van der Waals surface area contributed by atoms with Gasteiger partial charge in [-0.05, 0) is 61.6 Å². The van der Waals surface area contributed by atoms with E-state index in [-0.39, 0.29) is 18.2 Å². The van der Waals surface area contributed by atoms with Crippen LogP contribution in [0.3, 0.4) is 0 Å². The molecule has 0 saturated carbocycles. The van der Waals surface area contributed by atoms with Crippen LogP contribution in [-0.4, -0.2) is 36.9 Å². The second-order valence-electron chi connectivity index (χ2n) is 7.01. The predicted molar refractivity (Wildman–Crippen MR) is 106 cm³/mol. The highest BCUT2D eigenvalue weighted by Crippen LogP contribution is 2.23. The van der Waals surface area contributed by atoms with E-state index in [0.29, 0.717) is 11.3 Å². The van der Waals surface area contributed by atoms with Gasteiger partial charge in [0.1, 0.15) is 5.75 Å². The molecule has 0 radical (unpaired) electrons. The molecule has 27 heavy (non-hydrogen) atoms. The third-order valence-electron chi connectivity index (χ3n) is 5.07. The third-order valence-corrected chi connectivity index (χ3v) is 5.07. The van der Waals surface area contributed by atoms with E-state index >= 15 is 0 Å². The molecule has 1 heterocycles. The van der Waals surface area contributed by atoms with Gasteiger partial charge in [0.15, 0.2) is 0 Å². The Morgan fingerprint density at radius 1 is 1.11 bits per heavy atom.